The number of phosphoric ester groups is 3. The van der Waals surface area contributed by atoms with E-state index in [1.807, 2.05) is 13.0 Å². The van der Waals surface area contributed by atoms with Gasteiger partial charge in [0.25, 0.3) is 0 Å². The highest BCUT2D eigenvalue weighted by Crippen LogP contribution is 2.61. The number of hydrogen-bond acceptors (Lipinski definition) is 22. The SMILES string of the molecule is C[C@H](CCCCCCCCC/C=C/C(=O)SCCNC(=O)CCNC(=O)[C@H](O)C(C)(C)COP(=O)(O)OP(=O)(O)OC[C@H]1O[C@@H](n2cnc3c(N)ncnc32)[C@H](O)[C@@H]1OP(=O)(O)O)O[C@@H]1O[C@@H](C)[C@H](O)C[C@H]1O. The number of nitrogens with zero attached hydrogens (tertiary/aromatic N) is 4. The van der Waals surface area contributed by atoms with E-state index in [-0.39, 0.29) is 60.2 Å². The molecule has 2 amide bonds. The quantitative estimate of drug-likeness (QED) is 0.0283. The van der Waals surface area contributed by atoms with Crippen molar-refractivity contribution in [1.29, 1.82) is 0 Å². The summed E-state index contributed by atoms with van der Waals surface area (Å²) in [6.07, 6.45) is 2.92. The van der Waals surface area contributed by atoms with Crippen LogP contribution in [0.5, 0.6) is 0 Å². The number of thioether (sulfide) groups is 1. The monoisotopic (exact) mass is 1120 g/mol. The van der Waals surface area contributed by atoms with Crippen molar-refractivity contribution in [1.82, 2.24) is 30.2 Å². The van der Waals surface area contributed by atoms with Gasteiger partial charge in [-0.1, -0.05) is 70.2 Å². The third-order valence-corrected chi connectivity index (χ3v) is 15.5. The van der Waals surface area contributed by atoms with Crippen LogP contribution in [0.3, 0.4) is 0 Å². The molecule has 32 heteroatoms. The highest BCUT2D eigenvalue weighted by atomic mass is 32.2. The molecule has 4 heterocycles. The van der Waals surface area contributed by atoms with Crippen molar-refractivity contribution in [3.8, 4) is 0 Å². The van der Waals surface area contributed by atoms with E-state index < -0.39 is 103 Å². The first-order valence-corrected chi connectivity index (χ1v) is 29.1. The molecule has 0 radical (unpaired) electrons. The molecule has 2 aliphatic heterocycles. The third kappa shape index (κ3) is 21.2. The first-order chi connectivity index (χ1) is 34.2. The fraction of sp³-hybridized carbons (Fsp3) is 0.756. The van der Waals surface area contributed by atoms with Gasteiger partial charge in [-0.3, -0.25) is 32.5 Å². The summed E-state index contributed by atoms with van der Waals surface area (Å²) in [5, 5.41) is 46.3. The molecule has 12 N–H and O–H groups in total. The van der Waals surface area contributed by atoms with Crippen molar-refractivity contribution in [3.05, 3.63) is 24.8 Å². The number of phosphoric acid groups is 3. The number of ether oxygens (including phenoxy) is 3. The summed E-state index contributed by atoms with van der Waals surface area (Å²) in [4.78, 5) is 88.4. The van der Waals surface area contributed by atoms with E-state index in [0.717, 1.165) is 86.8 Å². The van der Waals surface area contributed by atoms with Crippen molar-refractivity contribution in [3.63, 3.8) is 0 Å². The predicted molar refractivity (Wildman–Crippen MR) is 259 cm³/mol. The summed E-state index contributed by atoms with van der Waals surface area (Å²) in [5.41, 5.74) is 4.25. The molecule has 2 aliphatic rings. The van der Waals surface area contributed by atoms with Crippen LogP contribution in [0.2, 0.25) is 0 Å². The fourth-order valence-corrected chi connectivity index (χ4v) is 10.9. The molecule has 12 atom stereocenters. The summed E-state index contributed by atoms with van der Waals surface area (Å²) in [5.74, 6) is -1.18. The van der Waals surface area contributed by atoms with Crippen molar-refractivity contribution in [2.24, 2.45) is 5.41 Å². The second-order valence-corrected chi connectivity index (χ2v) is 23.6. The lowest BCUT2D eigenvalue weighted by atomic mass is 9.87. The minimum Gasteiger partial charge on any atom is -0.390 e. The van der Waals surface area contributed by atoms with E-state index in [0.29, 0.717) is 5.75 Å². The molecule has 73 heavy (non-hydrogen) atoms. The van der Waals surface area contributed by atoms with Crippen LogP contribution >= 0.6 is 35.2 Å². The van der Waals surface area contributed by atoms with E-state index in [1.54, 1.807) is 6.92 Å². The van der Waals surface area contributed by atoms with Gasteiger partial charge >= 0.3 is 23.5 Å². The van der Waals surface area contributed by atoms with Crippen LogP contribution in [-0.4, -0.2) is 164 Å². The first kappa shape index (κ1) is 62.7. The Morgan fingerprint density at radius 2 is 1.62 bits per heavy atom. The van der Waals surface area contributed by atoms with Crippen molar-refractivity contribution in [2.75, 3.05) is 37.8 Å². The predicted octanol–water partition coefficient (Wildman–Crippen LogP) is 1.99. The number of unbranched alkanes of at least 4 members (excludes halogenated alkanes) is 7. The fourth-order valence-electron chi connectivity index (χ4n) is 7.45. The summed E-state index contributed by atoms with van der Waals surface area (Å²) in [6, 6.07) is 0. The van der Waals surface area contributed by atoms with Crippen LogP contribution in [0.25, 0.3) is 11.2 Å². The number of aliphatic hydroxyl groups excluding tert-OH is 4. The van der Waals surface area contributed by atoms with Crippen molar-refractivity contribution < 1.29 is 100 Å². The molecule has 0 spiro atoms. The highest BCUT2D eigenvalue weighted by molar-refractivity contribution is 8.14. The topological polar surface area (TPSA) is 423 Å². The van der Waals surface area contributed by atoms with E-state index in [9.17, 15) is 68.1 Å². The van der Waals surface area contributed by atoms with E-state index in [1.165, 1.54) is 19.9 Å². The van der Waals surface area contributed by atoms with Crippen LogP contribution in [0.15, 0.2) is 24.8 Å². The van der Waals surface area contributed by atoms with E-state index in [2.05, 4.69) is 34.4 Å². The lowest BCUT2D eigenvalue weighted by Crippen LogP contribution is -2.48. The van der Waals surface area contributed by atoms with Crippen molar-refractivity contribution in [2.45, 2.75) is 160 Å². The van der Waals surface area contributed by atoms with Crippen LogP contribution in [-0.2, 0) is 60.2 Å². The van der Waals surface area contributed by atoms with Gasteiger partial charge in [-0.15, -0.1) is 0 Å². The third-order valence-electron chi connectivity index (χ3n) is 11.5. The average Bonchev–Trinajstić information content (AvgIpc) is 3.86. The van der Waals surface area contributed by atoms with Gasteiger partial charge in [-0.2, -0.15) is 4.31 Å². The molecule has 2 saturated heterocycles. The molecular formula is C41H70N7O21P3S. The zero-order valence-electron chi connectivity index (χ0n) is 40.9. The number of carbonyl (C=O) groups excluding carboxylic acids is 3. The Morgan fingerprint density at radius 1 is 0.945 bits per heavy atom. The van der Waals surface area contributed by atoms with Gasteiger partial charge in [-0.25, -0.2) is 28.6 Å². The highest BCUT2D eigenvalue weighted by Gasteiger charge is 2.50. The molecule has 2 aromatic rings. The molecule has 2 unspecified atom stereocenters. The molecule has 28 nitrogen and oxygen atoms in total. The van der Waals surface area contributed by atoms with E-state index in [4.69, 9.17) is 29.0 Å². The largest absolute Gasteiger partial charge is 0.481 e. The average molecular weight is 1120 g/mol. The number of aromatic nitrogens is 4. The summed E-state index contributed by atoms with van der Waals surface area (Å²) >= 11 is 1.04. The number of nitrogen functional groups attached to an aromatic ring is 1. The Bertz CT molecular complexity index is 2280. The molecular weight excluding hydrogens is 1050 g/mol. The molecule has 0 saturated carbocycles. The summed E-state index contributed by atoms with van der Waals surface area (Å²) < 4.78 is 73.9. The normalized spacial score (nSPS) is 25.3. The van der Waals surface area contributed by atoms with Crippen molar-refractivity contribution >= 4 is 69.1 Å². The lowest BCUT2D eigenvalue weighted by Gasteiger charge is -2.36. The Labute approximate surface area is 425 Å². The second kappa shape index (κ2) is 29.0. The van der Waals surface area contributed by atoms with Crippen LogP contribution in [0, 0.1) is 5.41 Å². The van der Waals surface area contributed by atoms with Crippen LogP contribution < -0.4 is 16.4 Å². The Balaban J connectivity index is 1.04. The smallest absolute Gasteiger partial charge is 0.390 e. The molecule has 0 aliphatic carbocycles. The van der Waals surface area contributed by atoms with Crippen LogP contribution in [0.4, 0.5) is 5.82 Å². The number of fused-ring (bicyclic) bond motifs is 1. The van der Waals surface area contributed by atoms with Gasteiger partial charge in [0.15, 0.2) is 24.0 Å². The number of hydrogen-bond donors (Lipinski definition) is 11. The Morgan fingerprint density at radius 3 is 2.32 bits per heavy atom. The van der Waals surface area contributed by atoms with E-state index >= 15 is 0 Å². The molecule has 0 bridgehead atoms. The summed E-state index contributed by atoms with van der Waals surface area (Å²) in [7, 11) is -16.5. The number of rotatable bonds is 32. The van der Waals surface area contributed by atoms with Gasteiger partial charge in [0, 0.05) is 37.1 Å². The molecule has 0 aromatic carbocycles. The first-order valence-electron chi connectivity index (χ1n) is 23.6. The summed E-state index contributed by atoms with van der Waals surface area (Å²) in [6.45, 7) is 4.14. The molecule has 4 rings (SSSR count). The van der Waals surface area contributed by atoms with Gasteiger partial charge < -0.3 is 70.6 Å². The van der Waals surface area contributed by atoms with Gasteiger partial charge in [0.2, 0.25) is 16.9 Å². The number of carbonyl (C=O) groups is 3. The van der Waals surface area contributed by atoms with Gasteiger partial charge in [-0.05, 0) is 39.2 Å². The van der Waals surface area contributed by atoms with Gasteiger partial charge in [0.1, 0.15) is 42.4 Å². The number of nitrogens with two attached hydrogens (primary N) is 1. The lowest BCUT2D eigenvalue weighted by molar-refractivity contribution is -0.273. The van der Waals surface area contributed by atoms with Crippen LogP contribution in [0.1, 0.15) is 105 Å². The second-order valence-electron chi connectivity index (χ2n) is 18.2. The Hall–Kier alpha value is -2.86. The minimum atomic E-state index is -5.59. The number of nitrogens with one attached hydrogen (secondary N) is 2. The standard InChI is InChI=1S/C41H70N7O21P3S/c1-25(65-40-28(50)20-27(49)26(2)66-40)14-12-10-8-6-5-7-9-11-13-15-31(52)73-19-18-43-30(51)16-17-44-38(55)35(54)41(3,4)22-64-72(61,62)69-71(59,60)63-21-29-34(68-70(56,57)58)33(53)39(67-29)48-24-47-32-36(42)45-23-46-37(32)48/h13,15,23-29,33-35,39-40,49-50,53-54H,5-12,14,16-22H2,1-4H3,(H,43,51)(H,44,55)(H,59,60)(H,61,62)(H2,42,45,46)(H2,56,57,58)/b15-13+/t25-,26+,27-,28-,29-,33-,34-,35+,39-,40-/m1/s1. The number of imidazole rings is 1. The molecule has 2 aromatic heterocycles. The Kier molecular flexibility index (Phi) is 24.9. The maximum Gasteiger partial charge on any atom is 0.481 e. The molecule has 2 fully saturated rings. The number of aliphatic hydroxyl groups is 4. The number of amides is 2. The zero-order valence-corrected chi connectivity index (χ0v) is 44.4. The number of anilines is 1. The zero-order chi connectivity index (χ0) is 54.1. The minimum absolute atomic E-state index is 0.0252. The maximum absolute atomic E-state index is 12.8. The number of allylic oxidation sites excluding steroid dienone is 1. The molecule has 416 valence electrons. The van der Waals surface area contributed by atoms with Gasteiger partial charge in [0.05, 0.1) is 37.9 Å². The maximum atomic E-state index is 12.8.